The minimum atomic E-state index is -0.139. The molecule has 0 bridgehead atoms. The maximum Gasteiger partial charge on any atom is 0.273 e. The number of aromatic nitrogens is 3. The van der Waals surface area contributed by atoms with Crippen LogP contribution in [0.5, 0.6) is 0 Å². The summed E-state index contributed by atoms with van der Waals surface area (Å²) in [5.41, 5.74) is 3.73. The Morgan fingerprint density at radius 2 is 1.67 bits per heavy atom. The van der Waals surface area contributed by atoms with E-state index in [4.69, 9.17) is 11.6 Å². The maximum absolute atomic E-state index is 12.6. The number of nitrogens with zero attached hydrogens (tertiary/aromatic N) is 3. The van der Waals surface area contributed by atoms with Crippen LogP contribution in [0.2, 0.25) is 5.02 Å². The highest BCUT2D eigenvalue weighted by atomic mass is 35.5. The molecule has 5 heteroatoms. The summed E-state index contributed by atoms with van der Waals surface area (Å²) in [5, 5.41) is 0.569. The Kier molecular flexibility index (Phi) is 3.47. The van der Waals surface area contributed by atoms with Crippen LogP contribution in [-0.4, -0.2) is 14.2 Å². The standard InChI is InChI=1S/C19H14ClN3O/c1-13-11-19(24)23-18(21-13)12-17(14-7-3-2-4-8-14)22(23)16-10-6-5-9-15(16)20/h2-12H,1H3. The molecule has 0 saturated carbocycles. The summed E-state index contributed by atoms with van der Waals surface area (Å²) in [6.07, 6.45) is 0. The maximum atomic E-state index is 12.6. The van der Waals surface area contributed by atoms with E-state index >= 15 is 0 Å². The van der Waals surface area contributed by atoms with Gasteiger partial charge in [-0.05, 0) is 19.1 Å². The van der Waals surface area contributed by atoms with Gasteiger partial charge < -0.3 is 0 Å². The summed E-state index contributed by atoms with van der Waals surface area (Å²) in [6, 6.07) is 20.8. The highest BCUT2D eigenvalue weighted by molar-refractivity contribution is 6.32. The molecule has 0 atom stereocenters. The van der Waals surface area contributed by atoms with E-state index in [1.807, 2.05) is 72.3 Å². The van der Waals surface area contributed by atoms with Gasteiger partial charge in [-0.25, -0.2) is 9.67 Å². The van der Waals surface area contributed by atoms with Crippen LogP contribution in [0.15, 0.2) is 71.5 Å². The Bertz CT molecular complexity index is 1100. The molecule has 0 aliphatic rings. The normalized spacial score (nSPS) is 11.1. The third-order valence-corrected chi connectivity index (χ3v) is 4.21. The van der Waals surface area contributed by atoms with E-state index in [0.29, 0.717) is 16.4 Å². The molecule has 0 amide bonds. The van der Waals surface area contributed by atoms with Crippen molar-refractivity contribution in [3.05, 3.63) is 87.8 Å². The molecule has 0 unspecified atom stereocenters. The molecule has 2 aromatic heterocycles. The lowest BCUT2D eigenvalue weighted by molar-refractivity contribution is 0.767. The molecule has 4 nitrogen and oxygen atoms in total. The first-order valence-electron chi connectivity index (χ1n) is 7.58. The number of aryl methyl sites for hydroxylation is 1. The molecule has 0 radical (unpaired) electrons. The molecule has 0 spiro atoms. The Morgan fingerprint density at radius 3 is 2.42 bits per heavy atom. The number of rotatable bonds is 2. The van der Waals surface area contributed by atoms with Crippen LogP contribution in [0.4, 0.5) is 0 Å². The van der Waals surface area contributed by atoms with Crippen molar-refractivity contribution < 1.29 is 0 Å². The van der Waals surface area contributed by atoms with Gasteiger partial charge in [0.15, 0.2) is 5.65 Å². The summed E-state index contributed by atoms with van der Waals surface area (Å²) < 4.78 is 3.37. The monoisotopic (exact) mass is 335 g/mol. The van der Waals surface area contributed by atoms with Gasteiger partial charge in [-0.1, -0.05) is 54.1 Å². The zero-order valence-corrected chi connectivity index (χ0v) is 13.7. The van der Waals surface area contributed by atoms with E-state index in [0.717, 1.165) is 16.9 Å². The molecule has 2 heterocycles. The highest BCUT2D eigenvalue weighted by Gasteiger charge is 2.16. The predicted octanol–water partition coefficient (Wildman–Crippen LogP) is 4.11. The van der Waals surface area contributed by atoms with Gasteiger partial charge in [0.2, 0.25) is 0 Å². The number of benzene rings is 2. The van der Waals surface area contributed by atoms with Gasteiger partial charge >= 0.3 is 0 Å². The Labute approximate surface area is 143 Å². The lowest BCUT2D eigenvalue weighted by atomic mass is 10.1. The summed E-state index contributed by atoms with van der Waals surface area (Å²) in [4.78, 5) is 17.1. The van der Waals surface area contributed by atoms with Crippen molar-refractivity contribution in [2.75, 3.05) is 0 Å². The average Bonchev–Trinajstić information content (AvgIpc) is 2.95. The lowest BCUT2D eigenvalue weighted by Crippen LogP contribution is -2.21. The Balaban J connectivity index is 2.17. The van der Waals surface area contributed by atoms with Gasteiger partial charge in [0.1, 0.15) is 0 Å². The van der Waals surface area contributed by atoms with Crippen molar-refractivity contribution >= 4 is 17.2 Å². The van der Waals surface area contributed by atoms with E-state index in [1.165, 1.54) is 6.07 Å². The minimum Gasteiger partial charge on any atom is -0.267 e. The fraction of sp³-hybridized carbons (Fsp3) is 0.0526. The van der Waals surface area contributed by atoms with Crippen molar-refractivity contribution in [1.82, 2.24) is 14.2 Å². The molecular formula is C19H14ClN3O. The second-order valence-corrected chi connectivity index (χ2v) is 5.97. The second-order valence-electron chi connectivity index (χ2n) is 5.56. The van der Waals surface area contributed by atoms with E-state index in [2.05, 4.69) is 4.98 Å². The first kappa shape index (κ1) is 14.7. The zero-order chi connectivity index (χ0) is 16.7. The van der Waals surface area contributed by atoms with E-state index in [-0.39, 0.29) is 5.56 Å². The molecule has 0 N–H and O–H groups in total. The SMILES string of the molecule is Cc1cc(=O)n2c(cc(-c3ccccc3)n2-c2ccccc2Cl)n1. The second kappa shape index (κ2) is 5.65. The molecular weight excluding hydrogens is 322 g/mol. The molecule has 0 aliphatic heterocycles. The van der Waals surface area contributed by atoms with Gasteiger partial charge in [0.25, 0.3) is 5.56 Å². The fourth-order valence-corrected chi connectivity index (χ4v) is 3.09. The third kappa shape index (κ3) is 2.32. The van der Waals surface area contributed by atoms with Crippen LogP contribution < -0.4 is 5.56 Å². The van der Waals surface area contributed by atoms with Crippen LogP contribution in [0, 0.1) is 6.92 Å². The van der Waals surface area contributed by atoms with Gasteiger partial charge in [0.05, 0.1) is 16.4 Å². The average molecular weight is 336 g/mol. The van der Waals surface area contributed by atoms with Gasteiger partial charge in [-0.15, -0.1) is 0 Å². The van der Waals surface area contributed by atoms with Crippen LogP contribution >= 0.6 is 11.6 Å². The van der Waals surface area contributed by atoms with Crippen molar-refractivity contribution in [3.63, 3.8) is 0 Å². The van der Waals surface area contributed by atoms with Crippen LogP contribution in [-0.2, 0) is 0 Å². The molecule has 118 valence electrons. The Hall–Kier alpha value is -2.85. The first-order valence-corrected chi connectivity index (χ1v) is 7.96. The van der Waals surface area contributed by atoms with Gasteiger partial charge in [0, 0.05) is 23.4 Å². The van der Waals surface area contributed by atoms with E-state index in [9.17, 15) is 4.79 Å². The van der Waals surface area contributed by atoms with E-state index in [1.54, 1.807) is 4.52 Å². The van der Waals surface area contributed by atoms with Crippen LogP contribution in [0.1, 0.15) is 5.69 Å². The number of hydrogen-bond acceptors (Lipinski definition) is 2. The van der Waals surface area contributed by atoms with Crippen LogP contribution in [0.3, 0.4) is 0 Å². The third-order valence-electron chi connectivity index (χ3n) is 3.89. The quantitative estimate of drug-likeness (QED) is 0.553. The number of hydrogen-bond donors (Lipinski definition) is 0. The summed E-state index contributed by atoms with van der Waals surface area (Å²) >= 11 is 6.40. The van der Waals surface area contributed by atoms with Crippen molar-refractivity contribution in [2.24, 2.45) is 0 Å². The van der Waals surface area contributed by atoms with E-state index < -0.39 is 0 Å². The molecule has 0 saturated heterocycles. The molecule has 0 fully saturated rings. The number of halogens is 1. The van der Waals surface area contributed by atoms with Crippen molar-refractivity contribution in [3.8, 4) is 16.9 Å². The number of fused-ring (bicyclic) bond motifs is 1. The van der Waals surface area contributed by atoms with Crippen molar-refractivity contribution in [1.29, 1.82) is 0 Å². The summed E-state index contributed by atoms with van der Waals surface area (Å²) in [6.45, 7) is 1.82. The fourth-order valence-electron chi connectivity index (χ4n) is 2.87. The Morgan fingerprint density at radius 1 is 0.958 bits per heavy atom. The highest BCUT2D eigenvalue weighted by Crippen LogP contribution is 2.28. The molecule has 2 aromatic carbocycles. The van der Waals surface area contributed by atoms with Gasteiger partial charge in [-0.3, -0.25) is 4.79 Å². The predicted molar refractivity (Wildman–Crippen MR) is 96.0 cm³/mol. The first-order chi connectivity index (χ1) is 11.6. The zero-order valence-electron chi connectivity index (χ0n) is 13.0. The smallest absolute Gasteiger partial charge is 0.267 e. The van der Waals surface area contributed by atoms with Crippen molar-refractivity contribution in [2.45, 2.75) is 6.92 Å². The molecule has 0 aliphatic carbocycles. The largest absolute Gasteiger partial charge is 0.273 e. The van der Waals surface area contributed by atoms with Gasteiger partial charge in [-0.2, -0.15) is 4.52 Å². The topological polar surface area (TPSA) is 39.3 Å². The summed E-state index contributed by atoms with van der Waals surface area (Å²) in [7, 11) is 0. The molecule has 4 aromatic rings. The molecule has 4 rings (SSSR count). The molecule has 24 heavy (non-hydrogen) atoms. The summed E-state index contributed by atoms with van der Waals surface area (Å²) in [5.74, 6) is 0. The lowest BCUT2D eigenvalue weighted by Gasteiger charge is -2.12. The van der Waals surface area contributed by atoms with Crippen LogP contribution in [0.25, 0.3) is 22.6 Å². The number of para-hydroxylation sites is 1. The minimum absolute atomic E-state index is 0.139.